The van der Waals surface area contributed by atoms with Gasteiger partial charge in [-0.05, 0) is 56.7 Å². The molecule has 0 fully saturated rings. The first-order valence-corrected chi connectivity index (χ1v) is 9.67. The highest BCUT2D eigenvalue weighted by Crippen LogP contribution is 2.17. The summed E-state index contributed by atoms with van der Waals surface area (Å²) in [4.78, 5) is 28.9. The van der Waals surface area contributed by atoms with Crippen LogP contribution < -0.4 is 10.6 Å². The summed E-state index contributed by atoms with van der Waals surface area (Å²) in [6.45, 7) is 5.69. The van der Waals surface area contributed by atoms with Gasteiger partial charge >= 0.3 is 0 Å². The molecule has 2 heterocycles. The fourth-order valence-corrected chi connectivity index (χ4v) is 3.03. The lowest BCUT2D eigenvalue weighted by Crippen LogP contribution is -2.35. The molecule has 0 unspecified atom stereocenters. The van der Waals surface area contributed by atoms with Crippen molar-refractivity contribution in [1.29, 1.82) is 0 Å². The largest absolute Gasteiger partial charge is 0.350 e. The fraction of sp³-hybridized carbons (Fsp3) is 0.238. The number of hydrogen-bond donors (Lipinski definition) is 2. The van der Waals surface area contributed by atoms with E-state index in [2.05, 4.69) is 20.7 Å². The number of aryl methyl sites for hydroxylation is 3. The van der Waals surface area contributed by atoms with E-state index in [1.165, 1.54) is 12.1 Å². The van der Waals surface area contributed by atoms with Crippen LogP contribution in [-0.2, 0) is 0 Å². The molecule has 2 amide bonds. The van der Waals surface area contributed by atoms with E-state index in [1.54, 1.807) is 29.8 Å². The Morgan fingerprint density at radius 3 is 2.37 bits per heavy atom. The number of aromatic nitrogens is 3. The Morgan fingerprint density at radius 2 is 1.73 bits per heavy atom. The van der Waals surface area contributed by atoms with E-state index >= 15 is 0 Å². The second-order valence-corrected chi connectivity index (χ2v) is 7.22. The number of nitrogens with one attached hydrogen (secondary N) is 2. The summed E-state index contributed by atoms with van der Waals surface area (Å²) in [5, 5.41) is 9.84. The van der Waals surface area contributed by atoms with E-state index < -0.39 is 17.6 Å². The minimum atomic E-state index is -0.473. The van der Waals surface area contributed by atoms with Gasteiger partial charge in [-0.2, -0.15) is 5.10 Å². The molecule has 2 N–H and O–H groups in total. The number of pyridine rings is 1. The van der Waals surface area contributed by atoms with Crippen LogP contribution in [0.1, 0.15) is 37.8 Å². The lowest BCUT2D eigenvalue weighted by atomic mass is 10.1. The molecule has 7 nitrogen and oxygen atoms in total. The van der Waals surface area contributed by atoms with E-state index in [-0.39, 0.29) is 29.4 Å². The van der Waals surface area contributed by atoms with Gasteiger partial charge in [-0.1, -0.05) is 17.7 Å². The number of hydrogen-bond acceptors (Lipinski definition) is 4. The van der Waals surface area contributed by atoms with Gasteiger partial charge in [0.15, 0.2) is 5.82 Å². The highest BCUT2D eigenvalue weighted by Gasteiger charge is 2.15. The SMILES string of the molecule is Cc1cc(C)n(-c2ccc(Cl)c(C(=O)NCCNC(=O)c3ccc(C)c(F)c3)n2)n1. The maximum absolute atomic E-state index is 13.6. The van der Waals surface area contributed by atoms with E-state index in [9.17, 15) is 14.0 Å². The van der Waals surface area contributed by atoms with E-state index in [1.807, 2.05) is 19.9 Å². The third-order valence-corrected chi connectivity index (χ3v) is 4.71. The van der Waals surface area contributed by atoms with Crippen molar-refractivity contribution >= 4 is 23.4 Å². The third kappa shape index (κ3) is 4.83. The quantitative estimate of drug-likeness (QED) is 0.589. The van der Waals surface area contributed by atoms with Gasteiger partial charge in [0.05, 0.1) is 10.7 Å². The smallest absolute Gasteiger partial charge is 0.271 e. The van der Waals surface area contributed by atoms with E-state index in [0.717, 1.165) is 11.4 Å². The van der Waals surface area contributed by atoms with Gasteiger partial charge in [0.25, 0.3) is 11.8 Å². The molecule has 3 aromatic rings. The first kappa shape index (κ1) is 21.4. The molecule has 0 bridgehead atoms. The average molecular weight is 430 g/mol. The number of halogens is 2. The summed E-state index contributed by atoms with van der Waals surface area (Å²) in [6, 6.07) is 9.43. The molecular weight excluding hydrogens is 409 g/mol. The number of benzene rings is 1. The summed E-state index contributed by atoms with van der Waals surface area (Å²) in [7, 11) is 0. The molecule has 0 aliphatic heterocycles. The molecule has 0 saturated carbocycles. The van der Waals surface area contributed by atoms with Gasteiger partial charge in [-0.3, -0.25) is 9.59 Å². The molecule has 0 atom stereocenters. The van der Waals surface area contributed by atoms with Gasteiger partial charge in [-0.15, -0.1) is 0 Å². The zero-order valence-corrected chi connectivity index (χ0v) is 17.5. The lowest BCUT2D eigenvalue weighted by Gasteiger charge is -2.10. The second-order valence-electron chi connectivity index (χ2n) is 6.81. The number of amides is 2. The van der Waals surface area contributed by atoms with E-state index in [4.69, 9.17) is 11.6 Å². The Bertz CT molecular complexity index is 1110. The predicted molar refractivity (Wildman–Crippen MR) is 112 cm³/mol. The van der Waals surface area contributed by atoms with Gasteiger partial charge in [0.2, 0.25) is 0 Å². The zero-order chi connectivity index (χ0) is 21.8. The van der Waals surface area contributed by atoms with Crippen molar-refractivity contribution < 1.29 is 14.0 Å². The lowest BCUT2D eigenvalue weighted by molar-refractivity contribution is 0.0925. The van der Waals surface area contributed by atoms with Crippen LogP contribution >= 0.6 is 11.6 Å². The molecule has 1 aromatic carbocycles. The molecule has 0 aliphatic carbocycles. The highest BCUT2D eigenvalue weighted by molar-refractivity contribution is 6.33. The first-order chi connectivity index (χ1) is 14.3. The molecule has 3 rings (SSSR count). The standard InChI is InChI=1S/C21H21ClFN5O2/c1-12-4-5-15(11-17(12)23)20(29)24-8-9-25-21(30)19-16(22)6-7-18(26-19)28-14(3)10-13(2)27-28/h4-7,10-11H,8-9H2,1-3H3,(H,24,29)(H,25,30). The van der Waals surface area contributed by atoms with Crippen LogP contribution in [0.15, 0.2) is 36.4 Å². The van der Waals surface area contributed by atoms with Gasteiger partial charge in [0, 0.05) is 24.3 Å². The molecule has 9 heteroatoms. The Balaban J connectivity index is 1.59. The third-order valence-electron chi connectivity index (χ3n) is 4.40. The van der Waals surface area contributed by atoms with Crippen molar-refractivity contribution in [3.8, 4) is 5.82 Å². The molecular formula is C21H21ClFN5O2. The van der Waals surface area contributed by atoms with Crippen molar-refractivity contribution in [2.24, 2.45) is 0 Å². The monoisotopic (exact) mass is 429 g/mol. The minimum Gasteiger partial charge on any atom is -0.350 e. The molecule has 0 saturated heterocycles. The summed E-state index contributed by atoms with van der Waals surface area (Å²) in [5.41, 5.74) is 2.45. The maximum Gasteiger partial charge on any atom is 0.271 e. The molecule has 30 heavy (non-hydrogen) atoms. The van der Waals surface area contributed by atoms with Crippen LogP contribution in [0.4, 0.5) is 4.39 Å². The number of rotatable bonds is 6. The number of nitrogens with zero attached hydrogens (tertiary/aromatic N) is 3. The van der Waals surface area contributed by atoms with Crippen LogP contribution in [0.5, 0.6) is 0 Å². The fourth-order valence-electron chi connectivity index (χ4n) is 2.84. The summed E-state index contributed by atoms with van der Waals surface area (Å²) >= 11 is 6.14. The van der Waals surface area contributed by atoms with Crippen LogP contribution in [0, 0.1) is 26.6 Å². The predicted octanol–water partition coefficient (Wildman–Crippen LogP) is 3.14. The zero-order valence-electron chi connectivity index (χ0n) is 16.8. The van der Waals surface area contributed by atoms with Gasteiger partial charge < -0.3 is 10.6 Å². The molecule has 0 aliphatic rings. The molecule has 0 radical (unpaired) electrons. The summed E-state index contributed by atoms with van der Waals surface area (Å²) in [6.07, 6.45) is 0. The van der Waals surface area contributed by atoms with Crippen molar-refractivity contribution in [1.82, 2.24) is 25.4 Å². The topological polar surface area (TPSA) is 88.9 Å². The Kier molecular flexibility index (Phi) is 6.47. The van der Waals surface area contributed by atoms with Crippen LogP contribution in [-0.4, -0.2) is 39.7 Å². The van der Waals surface area contributed by atoms with Crippen molar-refractivity contribution in [3.05, 3.63) is 75.4 Å². The van der Waals surface area contributed by atoms with Crippen LogP contribution in [0.25, 0.3) is 5.82 Å². The van der Waals surface area contributed by atoms with Crippen molar-refractivity contribution in [3.63, 3.8) is 0 Å². The normalized spacial score (nSPS) is 10.7. The maximum atomic E-state index is 13.6. The summed E-state index contributed by atoms with van der Waals surface area (Å²) in [5.74, 6) is -0.867. The molecule has 156 valence electrons. The van der Waals surface area contributed by atoms with Crippen LogP contribution in [0.2, 0.25) is 5.02 Å². The Labute approximate surface area is 178 Å². The average Bonchev–Trinajstić information content (AvgIpc) is 3.05. The Morgan fingerprint density at radius 1 is 1.03 bits per heavy atom. The highest BCUT2D eigenvalue weighted by atomic mass is 35.5. The minimum absolute atomic E-state index is 0.0636. The second kappa shape index (κ2) is 9.04. The number of carbonyl (C=O) groups is 2. The van der Waals surface area contributed by atoms with Crippen molar-refractivity contribution in [2.75, 3.05) is 13.1 Å². The number of carbonyl (C=O) groups excluding carboxylic acids is 2. The van der Waals surface area contributed by atoms with Gasteiger partial charge in [0.1, 0.15) is 11.5 Å². The Hall–Kier alpha value is -3.26. The van der Waals surface area contributed by atoms with E-state index in [0.29, 0.717) is 11.4 Å². The van der Waals surface area contributed by atoms with Crippen LogP contribution in [0.3, 0.4) is 0 Å². The molecule has 0 spiro atoms. The first-order valence-electron chi connectivity index (χ1n) is 9.29. The summed E-state index contributed by atoms with van der Waals surface area (Å²) < 4.78 is 15.2. The van der Waals surface area contributed by atoms with Gasteiger partial charge in [-0.25, -0.2) is 14.1 Å². The van der Waals surface area contributed by atoms with Crippen molar-refractivity contribution in [2.45, 2.75) is 20.8 Å². The molecule has 2 aromatic heterocycles.